The summed E-state index contributed by atoms with van der Waals surface area (Å²) in [7, 11) is 0. The molecule has 5 nitrogen and oxygen atoms in total. The Hall–Kier alpha value is -1.15. The lowest BCUT2D eigenvalue weighted by Crippen LogP contribution is -2.50. The summed E-state index contributed by atoms with van der Waals surface area (Å²) in [5, 5.41) is 5.41. The monoisotopic (exact) mass is 413 g/mol. The second-order valence-corrected chi connectivity index (χ2v) is 8.86. The number of carbonyl (C=O) groups excluding carboxylic acids is 2. The molecule has 2 aromatic rings. The van der Waals surface area contributed by atoms with Crippen LogP contribution < -0.4 is 5.32 Å². The van der Waals surface area contributed by atoms with Crippen LogP contribution in [0.4, 0.5) is 0 Å². The highest BCUT2D eigenvalue weighted by molar-refractivity contribution is 7.27. The van der Waals surface area contributed by atoms with Crippen LogP contribution in [0.5, 0.6) is 0 Å². The van der Waals surface area contributed by atoms with Crippen LogP contribution in [0.25, 0.3) is 9.40 Å². The summed E-state index contributed by atoms with van der Waals surface area (Å²) in [6.07, 6.45) is 2.81. The van der Waals surface area contributed by atoms with Crippen molar-refractivity contribution in [3.8, 4) is 0 Å². The molecule has 2 aliphatic heterocycles. The van der Waals surface area contributed by atoms with E-state index in [0.29, 0.717) is 38.5 Å². The molecule has 0 radical (unpaired) electrons. The van der Waals surface area contributed by atoms with Gasteiger partial charge in [0.15, 0.2) is 0 Å². The van der Waals surface area contributed by atoms with Gasteiger partial charge in [-0.15, -0.1) is 35.1 Å². The predicted octanol–water partition coefficient (Wildman–Crippen LogP) is 3.06. The number of carbonyl (C=O) groups is 2. The number of thiophene rings is 2. The Morgan fingerprint density at radius 1 is 1.15 bits per heavy atom. The van der Waals surface area contributed by atoms with Crippen molar-refractivity contribution < 1.29 is 9.59 Å². The Labute approximate surface area is 167 Å². The standard InChI is InChI=1S/C18H23N3O2S2.ClH/c22-17(2-1-13-3-5-19-12-13)20-6-8-21(9-7-20)18(23)16-11-15-14(25-16)4-10-24-15;/h4,10-11,13,19H,1-3,5-9,12H2;1H. The average molecular weight is 414 g/mol. The first kappa shape index (κ1) is 19.6. The van der Waals surface area contributed by atoms with E-state index in [1.807, 2.05) is 15.9 Å². The van der Waals surface area contributed by atoms with Gasteiger partial charge in [0.2, 0.25) is 5.91 Å². The van der Waals surface area contributed by atoms with E-state index in [9.17, 15) is 9.59 Å². The predicted molar refractivity (Wildman–Crippen MR) is 110 cm³/mol. The van der Waals surface area contributed by atoms with Crippen LogP contribution in [0.15, 0.2) is 17.5 Å². The fraction of sp³-hybridized carbons (Fsp3) is 0.556. The van der Waals surface area contributed by atoms with Crippen molar-refractivity contribution >= 4 is 56.3 Å². The zero-order chi connectivity index (χ0) is 17.2. The number of nitrogens with one attached hydrogen (secondary N) is 1. The molecule has 4 rings (SSSR count). The van der Waals surface area contributed by atoms with E-state index < -0.39 is 0 Å². The summed E-state index contributed by atoms with van der Waals surface area (Å²) in [6, 6.07) is 4.07. The lowest BCUT2D eigenvalue weighted by molar-refractivity contribution is -0.132. The molecule has 0 spiro atoms. The fourth-order valence-corrected chi connectivity index (χ4v) is 5.71. The van der Waals surface area contributed by atoms with Crippen LogP contribution >= 0.6 is 35.1 Å². The largest absolute Gasteiger partial charge is 0.339 e. The van der Waals surface area contributed by atoms with Gasteiger partial charge in [-0.05, 0) is 49.4 Å². The molecule has 2 aliphatic rings. The maximum Gasteiger partial charge on any atom is 0.264 e. The summed E-state index contributed by atoms with van der Waals surface area (Å²) >= 11 is 3.24. The first-order chi connectivity index (χ1) is 12.2. The van der Waals surface area contributed by atoms with Gasteiger partial charge in [-0.2, -0.15) is 0 Å². The molecule has 4 heterocycles. The third-order valence-corrected chi connectivity index (χ3v) is 7.28. The van der Waals surface area contributed by atoms with Crippen molar-refractivity contribution in [2.45, 2.75) is 19.3 Å². The van der Waals surface area contributed by atoms with Gasteiger partial charge < -0.3 is 15.1 Å². The summed E-state index contributed by atoms with van der Waals surface area (Å²) in [4.78, 5) is 29.7. The van der Waals surface area contributed by atoms with E-state index >= 15 is 0 Å². The van der Waals surface area contributed by atoms with Gasteiger partial charge >= 0.3 is 0 Å². The minimum Gasteiger partial charge on any atom is -0.339 e. The van der Waals surface area contributed by atoms with Crippen LogP contribution in [0, 0.1) is 5.92 Å². The molecule has 1 atom stereocenters. The van der Waals surface area contributed by atoms with Crippen molar-refractivity contribution in [2.75, 3.05) is 39.3 Å². The second-order valence-electron chi connectivity index (χ2n) is 6.83. The highest BCUT2D eigenvalue weighted by Gasteiger charge is 2.26. The highest BCUT2D eigenvalue weighted by Crippen LogP contribution is 2.30. The number of nitrogens with zero attached hydrogens (tertiary/aromatic N) is 2. The van der Waals surface area contributed by atoms with Crippen LogP contribution in [0.2, 0.25) is 0 Å². The Morgan fingerprint density at radius 3 is 2.62 bits per heavy atom. The molecule has 0 saturated carbocycles. The van der Waals surface area contributed by atoms with Crippen LogP contribution in [0.3, 0.4) is 0 Å². The third-order valence-electron chi connectivity index (χ3n) is 5.20. The molecule has 26 heavy (non-hydrogen) atoms. The Kier molecular flexibility index (Phi) is 6.55. The van der Waals surface area contributed by atoms with E-state index in [4.69, 9.17) is 0 Å². The van der Waals surface area contributed by atoms with Crippen LogP contribution in [0.1, 0.15) is 28.9 Å². The molecule has 1 N–H and O–H groups in total. The first-order valence-electron chi connectivity index (χ1n) is 8.95. The number of piperazine rings is 1. The third kappa shape index (κ3) is 4.22. The molecule has 2 amide bonds. The first-order valence-corrected chi connectivity index (χ1v) is 10.6. The normalized spacial score (nSPS) is 20.4. The van der Waals surface area contributed by atoms with Gasteiger partial charge in [-0.25, -0.2) is 0 Å². The number of amides is 2. The number of hydrogen-bond donors (Lipinski definition) is 1. The average Bonchev–Trinajstić information content (AvgIpc) is 3.36. The molecule has 8 heteroatoms. The maximum atomic E-state index is 12.7. The summed E-state index contributed by atoms with van der Waals surface area (Å²) in [5.41, 5.74) is 0. The molecule has 0 aromatic carbocycles. The van der Waals surface area contributed by atoms with Crippen molar-refractivity contribution in [1.82, 2.24) is 15.1 Å². The van der Waals surface area contributed by atoms with Crippen LogP contribution in [-0.2, 0) is 4.79 Å². The van der Waals surface area contributed by atoms with E-state index in [1.54, 1.807) is 22.7 Å². The van der Waals surface area contributed by atoms with Crippen molar-refractivity contribution in [3.05, 3.63) is 22.4 Å². The zero-order valence-electron chi connectivity index (χ0n) is 14.6. The second kappa shape index (κ2) is 8.69. The summed E-state index contributed by atoms with van der Waals surface area (Å²) in [5.74, 6) is 1.01. The Balaban J connectivity index is 0.00000196. The number of rotatable bonds is 4. The van der Waals surface area contributed by atoms with E-state index in [0.717, 1.165) is 24.4 Å². The number of fused-ring (bicyclic) bond motifs is 1. The molecule has 0 bridgehead atoms. The Morgan fingerprint density at radius 2 is 1.92 bits per heavy atom. The summed E-state index contributed by atoms with van der Waals surface area (Å²) in [6.45, 7) is 4.73. The molecule has 2 saturated heterocycles. The number of hydrogen-bond acceptors (Lipinski definition) is 5. The van der Waals surface area contributed by atoms with Gasteiger partial charge in [-0.3, -0.25) is 9.59 Å². The minimum atomic E-state index is 0. The van der Waals surface area contributed by atoms with Gasteiger partial charge in [0.05, 0.1) is 4.88 Å². The van der Waals surface area contributed by atoms with Gasteiger partial charge in [-0.1, -0.05) is 0 Å². The molecule has 1 unspecified atom stereocenters. The molecular weight excluding hydrogens is 390 g/mol. The van der Waals surface area contributed by atoms with Crippen LogP contribution in [-0.4, -0.2) is 60.9 Å². The van der Waals surface area contributed by atoms with E-state index in [1.165, 1.54) is 15.8 Å². The van der Waals surface area contributed by atoms with Crippen molar-refractivity contribution in [3.63, 3.8) is 0 Å². The fourth-order valence-electron chi connectivity index (χ4n) is 3.63. The minimum absolute atomic E-state index is 0. The topological polar surface area (TPSA) is 52.7 Å². The lowest BCUT2D eigenvalue weighted by atomic mass is 10.0. The lowest BCUT2D eigenvalue weighted by Gasteiger charge is -2.34. The smallest absolute Gasteiger partial charge is 0.264 e. The molecule has 0 aliphatic carbocycles. The molecular formula is C18H24ClN3O2S2. The van der Waals surface area contributed by atoms with Gasteiger partial charge in [0.1, 0.15) is 0 Å². The zero-order valence-corrected chi connectivity index (χ0v) is 17.1. The number of halogens is 1. The SMILES string of the molecule is Cl.O=C(CCC1CCNC1)N1CCN(C(=O)c2cc3sccc3s2)CC1. The van der Waals surface area contributed by atoms with Gasteiger partial charge in [0.25, 0.3) is 5.91 Å². The Bertz CT molecular complexity index is 733. The molecule has 2 aromatic heterocycles. The molecule has 2 fully saturated rings. The van der Waals surface area contributed by atoms with E-state index in [-0.39, 0.29) is 24.2 Å². The van der Waals surface area contributed by atoms with Gasteiger partial charge in [0, 0.05) is 42.0 Å². The van der Waals surface area contributed by atoms with E-state index in [2.05, 4.69) is 16.8 Å². The van der Waals surface area contributed by atoms with Crippen molar-refractivity contribution in [2.24, 2.45) is 5.92 Å². The van der Waals surface area contributed by atoms with Crippen molar-refractivity contribution in [1.29, 1.82) is 0 Å². The quantitative estimate of drug-likeness (QED) is 0.838. The maximum absolute atomic E-state index is 12.7. The highest BCUT2D eigenvalue weighted by atomic mass is 35.5. The summed E-state index contributed by atoms with van der Waals surface area (Å²) < 4.78 is 2.37. The molecule has 142 valence electrons.